The summed E-state index contributed by atoms with van der Waals surface area (Å²) in [5, 5.41) is 0.883. The Morgan fingerprint density at radius 2 is 2.07 bits per heavy atom. The molecule has 1 aromatic rings. The molecule has 0 saturated heterocycles. The van der Waals surface area contributed by atoms with Gasteiger partial charge in [0.1, 0.15) is 0 Å². The second-order valence-electron chi connectivity index (χ2n) is 3.54. The standard InChI is InChI=1S/C12H16BrCl/c1-2-3-7-11(13)9-10-6-4-5-8-12(10)14/h4-6,8,11H,2-3,7,9H2,1H3. The lowest BCUT2D eigenvalue weighted by atomic mass is 10.1. The van der Waals surface area contributed by atoms with E-state index in [1.807, 2.05) is 18.2 Å². The van der Waals surface area contributed by atoms with Gasteiger partial charge in [0.05, 0.1) is 0 Å². The van der Waals surface area contributed by atoms with Gasteiger partial charge in [-0.3, -0.25) is 0 Å². The van der Waals surface area contributed by atoms with E-state index in [0.717, 1.165) is 11.4 Å². The first-order chi connectivity index (χ1) is 6.74. The van der Waals surface area contributed by atoms with Crippen LogP contribution in [0.25, 0.3) is 0 Å². The topological polar surface area (TPSA) is 0 Å². The van der Waals surface area contributed by atoms with Gasteiger partial charge in [-0.05, 0) is 24.5 Å². The zero-order valence-electron chi connectivity index (χ0n) is 8.47. The molecule has 0 aliphatic rings. The third kappa shape index (κ3) is 4.02. The van der Waals surface area contributed by atoms with E-state index in [-0.39, 0.29) is 0 Å². The number of halogens is 2. The molecule has 1 atom stereocenters. The highest BCUT2D eigenvalue weighted by molar-refractivity contribution is 9.09. The van der Waals surface area contributed by atoms with Crippen LogP contribution in [0.1, 0.15) is 31.7 Å². The van der Waals surface area contributed by atoms with Crippen LogP contribution in [-0.4, -0.2) is 4.83 Å². The molecule has 0 bridgehead atoms. The van der Waals surface area contributed by atoms with Gasteiger partial charge in [0.15, 0.2) is 0 Å². The first kappa shape index (κ1) is 12.1. The fraction of sp³-hybridized carbons (Fsp3) is 0.500. The van der Waals surface area contributed by atoms with Crippen LogP contribution >= 0.6 is 27.5 Å². The Morgan fingerprint density at radius 3 is 2.71 bits per heavy atom. The molecule has 2 heteroatoms. The van der Waals surface area contributed by atoms with Crippen LogP contribution < -0.4 is 0 Å². The molecule has 0 amide bonds. The monoisotopic (exact) mass is 274 g/mol. The van der Waals surface area contributed by atoms with Crippen molar-refractivity contribution in [2.45, 2.75) is 37.4 Å². The van der Waals surface area contributed by atoms with Gasteiger partial charge in [-0.25, -0.2) is 0 Å². The number of rotatable bonds is 5. The highest BCUT2D eigenvalue weighted by Crippen LogP contribution is 2.21. The largest absolute Gasteiger partial charge is 0.0887 e. The van der Waals surface area contributed by atoms with Crippen molar-refractivity contribution in [1.29, 1.82) is 0 Å². The second kappa shape index (κ2) is 6.47. The zero-order valence-corrected chi connectivity index (χ0v) is 10.8. The maximum absolute atomic E-state index is 6.08. The predicted molar refractivity (Wildman–Crippen MR) is 67.4 cm³/mol. The van der Waals surface area contributed by atoms with Gasteiger partial charge in [-0.1, -0.05) is 65.5 Å². The van der Waals surface area contributed by atoms with Gasteiger partial charge >= 0.3 is 0 Å². The summed E-state index contributed by atoms with van der Waals surface area (Å²) in [6, 6.07) is 8.07. The molecule has 1 unspecified atom stereocenters. The molecule has 1 aromatic carbocycles. The minimum atomic E-state index is 0.558. The Balaban J connectivity index is 2.47. The minimum Gasteiger partial charge on any atom is -0.0887 e. The van der Waals surface area contributed by atoms with Crippen molar-refractivity contribution in [1.82, 2.24) is 0 Å². The average molecular weight is 276 g/mol. The molecule has 1 rings (SSSR count). The number of hydrogen-bond donors (Lipinski definition) is 0. The van der Waals surface area contributed by atoms with E-state index in [4.69, 9.17) is 11.6 Å². The van der Waals surface area contributed by atoms with Crippen LogP contribution in [0.4, 0.5) is 0 Å². The van der Waals surface area contributed by atoms with E-state index in [2.05, 4.69) is 28.9 Å². The first-order valence-electron chi connectivity index (χ1n) is 5.11. The molecule has 0 radical (unpaired) electrons. The molecule has 14 heavy (non-hydrogen) atoms. The smallest absolute Gasteiger partial charge is 0.0438 e. The molecule has 78 valence electrons. The predicted octanol–water partition coefficient (Wildman–Crippen LogP) is 4.84. The fourth-order valence-electron chi connectivity index (χ4n) is 1.43. The molecule has 0 N–H and O–H groups in total. The average Bonchev–Trinajstić information content (AvgIpc) is 2.18. The third-order valence-corrected chi connectivity index (χ3v) is 3.42. The summed E-state index contributed by atoms with van der Waals surface area (Å²) in [6.45, 7) is 2.22. The molecule has 0 heterocycles. The molecule has 0 nitrogen and oxygen atoms in total. The van der Waals surface area contributed by atoms with Gasteiger partial charge in [-0.15, -0.1) is 0 Å². The van der Waals surface area contributed by atoms with E-state index < -0.39 is 0 Å². The normalized spacial score (nSPS) is 12.8. The molecule has 0 spiro atoms. The summed E-state index contributed by atoms with van der Waals surface area (Å²) in [5.41, 5.74) is 1.24. The molecule has 0 aliphatic heterocycles. The van der Waals surface area contributed by atoms with Gasteiger partial charge in [-0.2, -0.15) is 0 Å². The van der Waals surface area contributed by atoms with Crippen molar-refractivity contribution >= 4 is 27.5 Å². The van der Waals surface area contributed by atoms with Crippen molar-refractivity contribution < 1.29 is 0 Å². The van der Waals surface area contributed by atoms with Crippen LogP contribution in [0.15, 0.2) is 24.3 Å². The molecule has 0 fully saturated rings. The van der Waals surface area contributed by atoms with Crippen LogP contribution in [0.2, 0.25) is 5.02 Å². The summed E-state index contributed by atoms with van der Waals surface area (Å²) in [7, 11) is 0. The first-order valence-corrected chi connectivity index (χ1v) is 6.41. The van der Waals surface area contributed by atoms with Crippen LogP contribution in [0.3, 0.4) is 0 Å². The van der Waals surface area contributed by atoms with Crippen LogP contribution in [0.5, 0.6) is 0 Å². The third-order valence-electron chi connectivity index (χ3n) is 2.27. The Bertz CT molecular complexity index is 273. The minimum absolute atomic E-state index is 0.558. The Hall–Kier alpha value is -0.0100. The fourth-order valence-corrected chi connectivity index (χ4v) is 2.32. The number of unbranched alkanes of at least 4 members (excludes halogenated alkanes) is 1. The summed E-state index contributed by atoms with van der Waals surface area (Å²) in [4.78, 5) is 0.558. The Morgan fingerprint density at radius 1 is 1.36 bits per heavy atom. The lowest BCUT2D eigenvalue weighted by Gasteiger charge is -2.10. The SMILES string of the molecule is CCCCC(Br)Cc1ccccc1Cl. The zero-order chi connectivity index (χ0) is 10.4. The lowest BCUT2D eigenvalue weighted by molar-refractivity contribution is 0.687. The van der Waals surface area contributed by atoms with Crippen molar-refractivity contribution in [2.75, 3.05) is 0 Å². The molecule has 0 saturated carbocycles. The quantitative estimate of drug-likeness (QED) is 0.675. The van der Waals surface area contributed by atoms with E-state index in [1.165, 1.54) is 24.8 Å². The lowest BCUT2D eigenvalue weighted by Crippen LogP contribution is -2.02. The number of alkyl halides is 1. The molecular formula is C12H16BrCl. The van der Waals surface area contributed by atoms with Crippen molar-refractivity contribution in [3.8, 4) is 0 Å². The van der Waals surface area contributed by atoms with Crippen molar-refractivity contribution in [3.63, 3.8) is 0 Å². The molecule has 0 aromatic heterocycles. The molecular weight excluding hydrogens is 259 g/mol. The second-order valence-corrected chi connectivity index (χ2v) is 5.24. The van der Waals surface area contributed by atoms with E-state index >= 15 is 0 Å². The summed E-state index contributed by atoms with van der Waals surface area (Å²) in [6.07, 6.45) is 4.78. The van der Waals surface area contributed by atoms with Gasteiger partial charge in [0.2, 0.25) is 0 Å². The highest BCUT2D eigenvalue weighted by atomic mass is 79.9. The van der Waals surface area contributed by atoms with E-state index in [1.54, 1.807) is 0 Å². The van der Waals surface area contributed by atoms with Crippen molar-refractivity contribution in [3.05, 3.63) is 34.9 Å². The van der Waals surface area contributed by atoms with E-state index in [9.17, 15) is 0 Å². The van der Waals surface area contributed by atoms with Gasteiger partial charge in [0, 0.05) is 9.85 Å². The number of hydrogen-bond acceptors (Lipinski definition) is 0. The maximum Gasteiger partial charge on any atom is 0.0438 e. The van der Waals surface area contributed by atoms with Crippen molar-refractivity contribution in [2.24, 2.45) is 0 Å². The molecule has 0 aliphatic carbocycles. The number of benzene rings is 1. The summed E-state index contributed by atoms with van der Waals surface area (Å²) < 4.78 is 0. The highest BCUT2D eigenvalue weighted by Gasteiger charge is 2.06. The Labute approximate surface area is 99.8 Å². The van der Waals surface area contributed by atoms with Gasteiger partial charge < -0.3 is 0 Å². The summed E-state index contributed by atoms with van der Waals surface area (Å²) in [5.74, 6) is 0. The van der Waals surface area contributed by atoms with Crippen LogP contribution in [-0.2, 0) is 6.42 Å². The maximum atomic E-state index is 6.08. The van der Waals surface area contributed by atoms with Gasteiger partial charge in [0.25, 0.3) is 0 Å². The van der Waals surface area contributed by atoms with Crippen LogP contribution in [0, 0.1) is 0 Å². The summed E-state index contributed by atoms with van der Waals surface area (Å²) >= 11 is 9.77. The van der Waals surface area contributed by atoms with E-state index in [0.29, 0.717) is 4.83 Å². The Kier molecular flexibility index (Phi) is 5.57.